The van der Waals surface area contributed by atoms with Crippen molar-refractivity contribution in [1.82, 2.24) is 4.98 Å². The number of carbonyl (C=O) groups excluding carboxylic acids is 2. The molecular weight excluding hydrogens is 414 g/mol. The molecule has 0 saturated carbocycles. The van der Waals surface area contributed by atoms with Crippen LogP contribution in [-0.4, -0.2) is 30.5 Å². The first-order valence-corrected chi connectivity index (χ1v) is 10.6. The molecule has 6 nitrogen and oxygen atoms in total. The number of ether oxygens (including phenoxy) is 1. The van der Waals surface area contributed by atoms with Crippen molar-refractivity contribution >= 4 is 34.1 Å². The van der Waals surface area contributed by atoms with Crippen LogP contribution in [0.4, 0.5) is 11.4 Å². The predicted octanol–water partition coefficient (Wildman–Crippen LogP) is 5.36. The van der Waals surface area contributed by atoms with Gasteiger partial charge in [0.15, 0.2) is 0 Å². The van der Waals surface area contributed by atoms with E-state index >= 15 is 0 Å². The molecule has 4 rings (SSSR count). The van der Waals surface area contributed by atoms with E-state index in [4.69, 9.17) is 9.72 Å². The van der Waals surface area contributed by atoms with Crippen LogP contribution < -0.4 is 10.6 Å². The van der Waals surface area contributed by atoms with Gasteiger partial charge in [-0.05, 0) is 55.8 Å². The number of rotatable bonds is 6. The number of anilines is 2. The molecule has 0 bridgehead atoms. The first-order chi connectivity index (χ1) is 15.9. The van der Waals surface area contributed by atoms with E-state index in [2.05, 4.69) is 23.6 Å². The summed E-state index contributed by atoms with van der Waals surface area (Å²) in [6, 6.07) is 22.6. The van der Waals surface area contributed by atoms with E-state index in [1.54, 1.807) is 24.3 Å². The van der Waals surface area contributed by atoms with Crippen molar-refractivity contribution < 1.29 is 14.3 Å². The first-order valence-electron chi connectivity index (χ1n) is 10.6. The second-order valence-electron chi connectivity index (χ2n) is 7.90. The Hall–Kier alpha value is -4.03. The van der Waals surface area contributed by atoms with Gasteiger partial charge < -0.3 is 15.4 Å². The van der Waals surface area contributed by atoms with Crippen molar-refractivity contribution in [3.63, 3.8) is 0 Å². The molecule has 0 aliphatic heterocycles. The molecule has 0 unspecified atom stereocenters. The monoisotopic (exact) mass is 439 g/mol. The summed E-state index contributed by atoms with van der Waals surface area (Å²) < 4.78 is 4.82. The molecule has 0 atom stereocenters. The van der Waals surface area contributed by atoms with Crippen molar-refractivity contribution in [2.24, 2.45) is 0 Å². The fourth-order valence-corrected chi connectivity index (χ4v) is 3.77. The molecule has 3 aromatic carbocycles. The van der Waals surface area contributed by atoms with Crippen LogP contribution in [0.2, 0.25) is 0 Å². The van der Waals surface area contributed by atoms with Crippen molar-refractivity contribution in [2.75, 3.05) is 24.4 Å². The van der Waals surface area contributed by atoms with E-state index in [1.165, 1.54) is 12.7 Å². The maximum Gasteiger partial charge on any atom is 0.256 e. The van der Waals surface area contributed by atoms with Crippen LogP contribution in [0.3, 0.4) is 0 Å². The Labute approximate surface area is 192 Å². The summed E-state index contributed by atoms with van der Waals surface area (Å²) in [6.07, 6.45) is 0. The molecule has 1 heterocycles. The maximum absolute atomic E-state index is 13.3. The average Bonchev–Trinajstić information content (AvgIpc) is 2.80. The average molecular weight is 440 g/mol. The molecule has 0 saturated heterocycles. The molecule has 166 valence electrons. The van der Waals surface area contributed by atoms with Crippen LogP contribution in [0.1, 0.15) is 21.5 Å². The number of hydrogen-bond acceptors (Lipinski definition) is 4. The summed E-state index contributed by atoms with van der Waals surface area (Å²) in [5.41, 5.74) is 6.60. The molecule has 0 fully saturated rings. The molecule has 0 radical (unpaired) electrons. The third-order valence-corrected chi connectivity index (χ3v) is 5.32. The number of hydrogen-bond donors (Lipinski definition) is 2. The molecule has 2 N–H and O–H groups in total. The molecule has 1 aromatic heterocycles. The fraction of sp³-hybridized carbons (Fsp3) is 0.148. The highest BCUT2D eigenvalue weighted by atomic mass is 16.5. The highest BCUT2D eigenvalue weighted by Crippen LogP contribution is 2.28. The van der Waals surface area contributed by atoms with Crippen LogP contribution >= 0.6 is 0 Å². The molecule has 4 aromatic rings. The summed E-state index contributed by atoms with van der Waals surface area (Å²) in [7, 11) is 1.46. The standard InChI is InChI=1S/C27H25N3O3/c1-17-8-13-21(18(2)14-17)25-15-23(22-6-4-5-7-24(22)30-25)27(32)29-20-11-9-19(10-12-20)28-26(31)16-33-3/h4-15H,16H2,1-3H3,(H,28,31)(H,29,32). The zero-order chi connectivity index (χ0) is 23.4. The van der Waals surface area contributed by atoms with Crippen molar-refractivity contribution in [2.45, 2.75) is 13.8 Å². The molecule has 0 aliphatic carbocycles. The van der Waals surface area contributed by atoms with Crippen molar-refractivity contribution in [3.05, 3.63) is 89.5 Å². The lowest BCUT2D eigenvalue weighted by Crippen LogP contribution is -2.17. The topological polar surface area (TPSA) is 80.3 Å². The van der Waals surface area contributed by atoms with Crippen LogP contribution in [0.15, 0.2) is 72.8 Å². The van der Waals surface area contributed by atoms with E-state index in [1.807, 2.05) is 49.4 Å². The lowest BCUT2D eigenvalue weighted by Gasteiger charge is -2.13. The molecule has 6 heteroatoms. The minimum atomic E-state index is -0.239. The third-order valence-electron chi connectivity index (χ3n) is 5.32. The van der Waals surface area contributed by atoms with E-state index in [0.29, 0.717) is 16.9 Å². The summed E-state index contributed by atoms with van der Waals surface area (Å²) in [5, 5.41) is 6.47. The number of nitrogens with zero attached hydrogens (tertiary/aromatic N) is 1. The quantitative estimate of drug-likeness (QED) is 0.424. The Kier molecular flexibility index (Phi) is 6.47. The molecule has 33 heavy (non-hydrogen) atoms. The number of para-hydroxylation sites is 1. The number of pyridine rings is 1. The van der Waals surface area contributed by atoms with Crippen molar-refractivity contribution in [1.29, 1.82) is 0 Å². The fourth-order valence-electron chi connectivity index (χ4n) is 3.77. The Bertz CT molecular complexity index is 1330. The van der Waals surface area contributed by atoms with Crippen LogP contribution in [0.5, 0.6) is 0 Å². The van der Waals surface area contributed by atoms with Crippen LogP contribution in [0.25, 0.3) is 22.2 Å². The van der Waals surface area contributed by atoms with Gasteiger partial charge >= 0.3 is 0 Å². The number of nitrogens with one attached hydrogen (secondary N) is 2. The zero-order valence-electron chi connectivity index (χ0n) is 18.8. The number of aromatic nitrogens is 1. The Morgan fingerprint density at radius 3 is 2.27 bits per heavy atom. The van der Waals surface area contributed by atoms with Gasteiger partial charge in [0.05, 0.1) is 16.8 Å². The van der Waals surface area contributed by atoms with Gasteiger partial charge in [-0.15, -0.1) is 0 Å². The summed E-state index contributed by atoms with van der Waals surface area (Å²) in [5.74, 6) is -0.466. The second-order valence-corrected chi connectivity index (χ2v) is 7.90. The number of carbonyl (C=O) groups is 2. The molecule has 0 aliphatic rings. The zero-order valence-corrected chi connectivity index (χ0v) is 18.8. The van der Waals surface area contributed by atoms with Crippen molar-refractivity contribution in [3.8, 4) is 11.3 Å². The van der Waals surface area contributed by atoms with E-state index < -0.39 is 0 Å². The Morgan fingerprint density at radius 1 is 0.879 bits per heavy atom. The number of fused-ring (bicyclic) bond motifs is 1. The van der Waals surface area contributed by atoms with Gasteiger partial charge in [-0.1, -0.05) is 42.0 Å². The predicted molar refractivity (Wildman–Crippen MR) is 132 cm³/mol. The van der Waals surface area contributed by atoms with Gasteiger partial charge in [-0.25, -0.2) is 4.98 Å². The van der Waals surface area contributed by atoms with E-state index in [-0.39, 0.29) is 18.4 Å². The first kappa shape index (κ1) is 22.2. The van der Waals surface area contributed by atoms with Gasteiger partial charge in [0.2, 0.25) is 5.91 Å². The van der Waals surface area contributed by atoms with E-state index in [0.717, 1.165) is 27.7 Å². The van der Waals surface area contributed by atoms with E-state index in [9.17, 15) is 9.59 Å². The Balaban J connectivity index is 1.64. The van der Waals surface area contributed by atoms with Gasteiger partial charge in [0.1, 0.15) is 6.61 Å². The number of amides is 2. The number of benzene rings is 3. The number of aryl methyl sites for hydroxylation is 2. The lowest BCUT2D eigenvalue weighted by atomic mass is 9.99. The van der Waals surface area contributed by atoms with Gasteiger partial charge in [-0.3, -0.25) is 9.59 Å². The Morgan fingerprint density at radius 2 is 1.58 bits per heavy atom. The highest BCUT2D eigenvalue weighted by molar-refractivity contribution is 6.13. The largest absolute Gasteiger partial charge is 0.375 e. The molecule has 2 amide bonds. The SMILES string of the molecule is COCC(=O)Nc1ccc(NC(=O)c2cc(-c3ccc(C)cc3C)nc3ccccc23)cc1. The molecule has 0 spiro atoms. The minimum absolute atomic E-state index is 0.0175. The van der Waals surface area contributed by atoms with Crippen LogP contribution in [0, 0.1) is 13.8 Å². The van der Waals surface area contributed by atoms with Gasteiger partial charge in [-0.2, -0.15) is 0 Å². The van der Waals surface area contributed by atoms with Crippen LogP contribution in [-0.2, 0) is 9.53 Å². The minimum Gasteiger partial charge on any atom is -0.375 e. The normalized spacial score (nSPS) is 10.8. The summed E-state index contributed by atoms with van der Waals surface area (Å²) in [4.78, 5) is 29.7. The second kappa shape index (κ2) is 9.63. The summed E-state index contributed by atoms with van der Waals surface area (Å²) >= 11 is 0. The maximum atomic E-state index is 13.3. The smallest absolute Gasteiger partial charge is 0.256 e. The number of methoxy groups -OCH3 is 1. The lowest BCUT2D eigenvalue weighted by molar-refractivity contribution is -0.119. The molecular formula is C27H25N3O3. The summed E-state index contributed by atoms with van der Waals surface area (Å²) in [6.45, 7) is 4.08. The van der Waals surface area contributed by atoms with Gasteiger partial charge in [0.25, 0.3) is 5.91 Å². The van der Waals surface area contributed by atoms with Gasteiger partial charge in [0, 0.05) is 29.4 Å². The third kappa shape index (κ3) is 5.07. The highest BCUT2D eigenvalue weighted by Gasteiger charge is 2.15.